The van der Waals surface area contributed by atoms with Gasteiger partial charge in [-0.25, -0.2) is 4.98 Å². The molecule has 3 rings (SSSR count). The van der Waals surface area contributed by atoms with Crippen LogP contribution in [0.15, 0.2) is 41.1 Å². The molecule has 2 heteroatoms. The zero-order valence-corrected chi connectivity index (χ0v) is 12.8. The first kappa shape index (κ1) is 14.4. The predicted molar refractivity (Wildman–Crippen MR) is 86.1 cm³/mol. The fraction of sp³-hybridized carbons (Fsp3) is 0.526. The summed E-state index contributed by atoms with van der Waals surface area (Å²) in [5.74, 6) is 1.75. The second kappa shape index (κ2) is 7.44. The van der Waals surface area contributed by atoms with E-state index in [0.717, 1.165) is 23.8 Å². The Labute approximate surface area is 127 Å². The Balaban J connectivity index is 1.51. The van der Waals surface area contributed by atoms with Crippen LogP contribution in [0, 0.1) is 5.92 Å². The van der Waals surface area contributed by atoms with Crippen molar-refractivity contribution in [3.05, 3.63) is 42.3 Å². The maximum atomic E-state index is 5.45. The molecule has 0 bridgehead atoms. The minimum absolute atomic E-state index is 0.748. The summed E-state index contributed by atoms with van der Waals surface area (Å²) in [7, 11) is 0. The molecule has 2 aromatic rings. The van der Waals surface area contributed by atoms with Crippen molar-refractivity contribution in [1.82, 2.24) is 4.98 Å². The van der Waals surface area contributed by atoms with Gasteiger partial charge in [-0.1, -0.05) is 63.1 Å². The van der Waals surface area contributed by atoms with Gasteiger partial charge in [0, 0.05) is 5.56 Å². The standard InChI is InChI=1S/C19H25NO/c1-2-8-16(9-3-1)10-4-5-11-17-12-6-7-13-18(17)19-20-14-15-21-19/h6-7,12-16H,1-5,8-11H2. The first-order valence-electron chi connectivity index (χ1n) is 8.41. The van der Waals surface area contributed by atoms with Crippen LogP contribution in [0.3, 0.4) is 0 Å². The summed E-state index contributed by atoms with van der Waals surface area (Å²) >= 11 is 0. The summed E-state index contributed by atoms with van der Waals surface area (Å²) in [6, 6.07) is 8.50. The van der Waals surface area contributed by atoms with Gasteiger partial charge in [-0.2, -0.15) is 0 Å². The van der Waals surface area contributed by atoms with Gasteiger partial charge in [-0.05, 0) is 30.4 Å². The highest BCUT2D eigenvalue weighted by Crippen LogP contribution is 2.29. The molecule has 0 amide bonds. The summed E-state index contributed by atoms with van der Waals surface area (Å²) in [5, 5.41) is 0. The molecular formula is C19H25NO. The Morgan fingerprint density at radius 1 is 1.05 bits per heavy atom. The average Bonchev–Trinajstić information content (AvgIpc) is 3.07. The van der Waals surface area contributed by atoms with Crippen molar-refractivity contribution in [1.29, 1.82) is 0 Å². The number of oxazole rings is 1. The van der Waals surface area contributed by atoms with Gasteiger partial charge >= 0.3 is 0 Å². The Hall–Kier alpha value is -1.57. The van der Waals surface area contributed by atoms with Gasteiger partial charge in [-0.15, -0.1) is 0 Å². The lowest BCUT2D eigenvalue weighted by Gasteiger charge is -2.21. The third-order valence-electron chi connectivity index (χ3n) is 4.71. The van der Waals surface area contributed by atoms with Gasteiger partial charge < -0.3 is 4.42 Å². The van der Waals surface area contributed by atoms with Crippen molar-refractivity contribution in [3.8, 4) is 11.5 Å². The Kier molecular flexibility index (Phi) is 5.09. The molecule has 0 spiro atoms. The number of benzene rings is 1. The number of aromatic nitrogens is 1. The van der Waals surface area contributed by atoms with E-state index in [2.05, 4.69) is 29.2 Å². The molecule has 1 aliphatic rings. The number of unbranched alkanes of at least 4 members (excludes halogenated alkanes) is 1. The SMILES string of the molecule is c1ccc(-c2ncco2)c(CCCCC2CCCCC2)c1. The maximum Gasteiger partial charge on any atom is 0.226 e. The van der Waals surface area contributed by atoms with Crippen LogP contribution in [-0.2, 0) is 6.42 Å². The van der Waals surface area contributed by atoms with E-state index in [4.69, 9.17) is 4.42 Å². The van der Waals surface area contributed by atoms with Crippen LogP contribution >= 0.6 is 0 Å². The van der Waals surface area contributed by atoms with Crippen molar-refractivity contribution in [2.45, 2.75) is 57.8 Å². The van der Waals surface area contributed by atoms with Crippen LogP contribution < -0.4 is 0 Å². The van der Waals surface area contributed by atoms with E-state index in [0.29, 0.717) is 0 Å². The summed E-state index contributed by atoms with van der Waals surface area (Å²) in [6.45, 7) is 0. The van der Waals surface area contributed by atoms with Crippen LogP contribution in [0.25, 0.3) is 11.5 Å². The van der Waals surface area contributed by atoms with Crippen molar-refractivity contribution >= 4 is 0 Å². The molecule has 0 aliphatic heterocycles. The first-order chi connectivity index (χ1) is 10.4. The van der Waals surface area contributed by atoms with Crippen molar-refractivity contribution in [3.63, 3.8) is 0 Å². The van der Waals surface area contributed by atoms with Crippen molar-refractivity contribution < 1.29 is 4.42 Å². The van der Waals surface area contributed by atoms with Crippen LogP contribution in [-0.4, -0.2) is 4.98 Å². The summed E-state index contributed by atoms with van der Waals surface area (Å²) in [4.78, 5) is 4.28. The fourth-order valence-electron chi connectivity index (χ4n) is 3.53. The van der Waals surface area contributed by atoms with E-state index in [-0.39, 0.29) is 0 Å². The van der Waals surface area contributed by atoms with E-state index >= 15 is 0 Å². The highest BCUT2D eigenvalue weighted by Gasteiger charge is 2.13. The second-order valence-electron chi connectivity index (χ2n) is 6.24. The van der Waals surface area contributed by atoms with Gasteiger partial charge in [0.25, 0.3) is 0 Å². The molecule has 0 radical (unpaired) electrons. The molecule has 0 atom stereocenters. The molecule has 1 fully saturated rings. The van der Waals surface area contributed by atoms with E-state index in [1.807, 2.05) is 0 Å². The number of nitrogens with zero attached hydrogens (tertiary/aromatic N) is 1. The van der Waals surface area contributed by atoms with Gasteiger partial charge in [0.15, 0.2) is 0 Å². The van der Waals surface area contributed by atoms with E-state index in [1.165, 1.54) is 56.9 Å². The lowest BCUT2D eigenvalue weighted by Crippen LogP contribution is -2.06. The number of hydrogen-bond acceptors (Lipinski definition) is 2. The highest BCUT2D eigenvalue weighted by molar-refractivity contribution is 5.58. The minimum atomic E-state index is 0.748. The predicted octanol–water partition coefficient (Wildman–Crippen LogP) is 5.63. The molecule has 1 aromatic carbocycles. The third-order valence-corrected chi connectivity index (χ3v) is 4.71. The molecule has 0 N–H and O–H groups in total. The highest BCUT2D eigenvalue weighted by atomic mass is 16.3. The zero-order chi connectivity index (χ0) is 14.3. The Morgan fingerprint density at radius 3 is 2.71 bits per heavy atom. The van der Waals surface area contributed by atoms with Gasteiger partial charge in [0.1, 0.15) is 6.26 Å². The zero-order valence-electron chi connectivity index (χ0n) is 12.8. The topological polar surface area (TPSA) is 26.0 Å². The first-order valence-corrected chi connectivity index (χ1v) is 8.41. The molecule has 1 heterocycles. The summed E-state index contributed by atoms with van der Waals surface area (Å²) < 4.78 is 5.45. The monoisotopic (exact) mass is 283 g/mol. The number of hydrogen-bond donors (Lipinski definition) is 0. The average molecular weight is 283 g/mol. The van der Waals surface area contributed by atoms with E-state index < -0.39 is 0 Å². The number of rotatable bonds is 6. The van der Waals surface area contributed by atoms with E-state index in [1.54, 1.807) is 12.5 Å². The normalized spacial score (nSPS) is 16.2. The lowest BCUT2D eigenvalue weighted by molar-refractivity contribution is 0.330. The van der Waals surface area contributed by atoms with Gasteiger partial charge in [0.05, 0.1) is 6.20 Å². The summed E-state index contributed by atoms with van der Waals surface area (Å²) in [5.41, 5.74) is 2.52. The maximum absolute atomic E-state index is 5.45. The van der Waals surface area contributed by atoms with Gasteiger partial charge in [0.2, 0.25) is 5.89 Å². The van der Waals surface area contributed by atoms with Crippen LogP contribution in [0.1, 0.15) is 56.9 Å². The lowest BCUT2D eigenvalue weighted by atomic mass is 9.85. The molecule has 1 aromatic heterocycles. The quantitative estimate of drug-likeness (QED) is 0.642. The van der Waals surface area contributed by atoms with Crippen molar-refractivity contribution in [2.24, 2.45) is 5.92 Å². The van der Waals surface area contributed by atoms with E-state index in [9.17, 15) is 0 Å². The number of aryl methyl sites for hydroxylation is 1. The Morgan fingerprint density at radius 2 is 1.90 bits per heavy atom. The van der Waals surface area contributed by atoms with Gasteiger partial charge in [-0.3, -0.25) is 0 Å². The minimum Gasteiger partial charge on any atom is -0.445 e. The molecule has 1 aliphatic carbocycles. The molecule has 0 saturated heterocycles. The van der Waals surface area contributed by atoms with Crippen LogP contribution in [0.2, 0.25) is 0 Å². The Bertz CT molecular complexity index is 526. The molecule has 2 nitrogen and oxygen atoms in total. The van der Waals surface area contributed by atoms with Crippen molar-refractivity contribution in [2.75, 3.05) is 0 Å². The second-order valence-corrected chi connectivity index (χ2v) is 6.24. The fourth-order valence-corrected chi connectivity index (χ4v) is 3.53. The van der Waals surface area contributed by atoms with Crippen LogP contribution in [0.5, 0.6) is 0 Å². The molecule has 0 unspecified atom stereocenters. The molecular weight excluding hydrogens is 258 g/mol. The summed E-state index contributed by atoms with van der Waals surface area (Å²) in [6.07, 6.45) is 15.8. The third kappa shape index (κ3) is 3.96. The molecule has 112 valence electrons. The largest absolute Gasteiger partial charge is 0.445 e. The molecule has 21 heavy (non-hydrogen) atoms. The van der Waals surface area contributed by atoms with Crippen LogP contribution in [0.4, 0.5) is 0 Å². The smallest absolute Gasteiger partial charge is 0.226 e. The molecule has 1 saturated carbocycles.